The second kappa shape index (κ2) is 11.7. The summed E-state index contributed by atoms with van der Waals surface area (Å²) in [5.41, 5.74) is 3.97. The Morgan fingerprint density at radius 3 is 2.36 bits per heavy atom. The molecule has 0 radical (unpaired) electrons. The van der Waals surface area contributed by atoms with Gasteiger partial charge in [0.2, 0.25) is 11.8 Å². The zero-order chi connectivity index (χ0) is 25.5. The zero-order valence-electron chi connectivity index (χ0n) is 20.7. The fraction of sp³-hybridized carbons (Fsp3) is 0.321. The van der Waals surface area contributed by atoms with E-state index in [2.05, 4.69) is 10.6 Å². The number of carbonyl (C=O) groups is 3. The number of benzene rings is 2. The number of nitrogens with one attached hydrogen (secondary N) is 2. The molecule has 3 amide bonds. The van der Waals surface area contributed by atoms with Crippen LogP contribution in [0.5, 0.6) is 0 Å². The Hall–Kier alpha value is -3.91. The monoisotopic (exact) mass is 488 g/mol. The van der Waals surface area contributed by atoms with E-state index in [1.54, 1.807) is 17.0 Å². The highest BCUT2D eigenvalue weighted by Gasteiger charge is 2.30. The van der Waals surface area contributed by atoms with Crippen molar-refractivity contribution in [2.24, 2.45) is 0 Å². The fourth-order valence-corrected chi connectivity index (χ4v) is 4.31. The second-order valence-corrected chi connectivity index (χ2v) is 9.09. The number of anilines is 1. The van der Waals surface area contributed by atoms with Crippen molar-refractivity contribution in [1.82, 2.24) is 15.1 Å². The maximum atomic E-state index is 13.4. The van der Waals surface area contributed by atoms with Gasteiger partial charge in [0, 0.05) is 38.3 Å². The minimum atomic E-state index is -0.718. The molecule has 8 nitrogen and oxygen atoms in total. The van der Waals surface area contributed by atoms with Gasteiger partial charge in [-0.05, 0) is 48.7 Å². The van der Waals surface area contributed by atoms with Crippen molar-refractivity contribution >= 4 is 23.4 Å². The Morgan fingerprint density at radius 1 is 0.917 bits per heavy atom. The Morgan fingerprint density at radius 2 is 1.67 bits per heavy atom. The van der Waals surface area contributed by atoms with E-state index in [9.17, 15) is 14.4 Å². The molecule has 0 aliphatic carbocycles. The van der Waals surface area contributed by atoms with Crippen LogP contribution in [0.25, 0.3) is 0 Å². The Labute approximate surface area is 211 Å². The highest BCUT2D eigenvalue weighted by atomic mass is 16.3. The van der Waals surface area contributed by atoms with E-state index in [-0.39, 0.29) is 24.1 Å². The van der Waals surface area contributed by atoms with Crippen LogP contribution in [0.3, 0.4) is 0 Å². The summed E-state index contributed by atoms with van der Waals surface area (Å²) in [7, 11) is 0. The van der Waals surface area contributed by atoms with Crippen molar-refractivity contribution in [3.63, 3.8) is 0 Å². The molecule has 8 heteroatoms. The zero-order valence-corrected chi connectivity index (χ0v) is 20.7. The molecule has 0 spiro atoms. The molecule has 4 rings (SSSR count). The standard InChI is InChI=1S/C28H32N4O4/c1-20-8-6-11-23(21(20)2)29-26(33)19-31-13-15-32(16-14-31)28(35)24(18-22-9-4-3-5-10-22)30-27(34)25-12-7-17-36-25/h3-12,17,24H,13-16,18-19H2,1-2H3,(H,29,33)(H,30,34)/t24-/m1/s1. The lowest BCUT2D eigenvalue weighted by atomic mass is 10.0. The summed E-state index contributed by atoms with van der Waals surface area (Å²) >= 11 is 0. The SMILES string of the molecule is Cc1cccc(NC(=O)CN2CCN(C(=O)[C@@H](Cc3ccccc3)NC(=O)c3ccco3)CC2)c1C. The molecule has 2 aromatic carbocycles. The second-order valence-electron chi connectivity index (χ2n) is 9.09. The van der Waals surface area contributed by atoms with Gasteiger partial charge in [-0.25, -0.2) is 0 Å². The first-order valence-electron chi connectivity index (χ1n) is 12.2. The van der Waals surface area contributed by atoms with Gasteiger partial charge in [-0.2, -0.15) is 0 Å². The summed E-state index contributed by atoms with van der Waals surface area (Å²) in [5.74, 6) is -0.467. The molecule has 0 saturated carbocycles. The van der Waals surface area contributed by atoms with E-state index < -0.39 is 11.9 Å². The van der Waals surface area contributed by atoms with Gasteiger partial charge in [0.05, 0.1) is 12.8 Å². The van der Waals surface area contributed by atoms with Crippen LogP contribution in [0.4, 0.5) is 5.69 Å². The van der Waals surface area contributed by atoms with Crippen LogP contribution in [-0.4, -0.2) is 66.3 Å². The third-order valence-corrected chi connectivity index (χ3v) is 6.56. The van der Waals surface area contributed by atoms with Gasteiger partial charge < -0.3 is 20.0 Å². The van der Waals surface area contributed by atoms with Gasteiger partial charge in [-0.15, -0.1) is 0 Å². The maximum Gasteiger partial charge on any atom is 0.287 e. The minimum absolute atomic E-state index is 0.0730. The Kier molecular flexibility index (Phi) is 8.17. The molecular weight excluding hydrogens is 456 g/mol. The molecule has 1 fully saturated rings. The van der Waals surface area contributed by atoms with E-state index >= 15 is 0 Å². The number of amides is 3. The minimum Gasteiger partial charge on any atom is -0.459 e. The van der Waals surface area contributed by atoms with Crippen LogP contribution in [0, 0.1) is 13.8 Å². The van der Waals surface area contributed by atoms with E-state index in [1.165, 1.54) is 6.26 Å². The first-order chi connectivity index (χ1) is 17.4. The van der Waals surface area contributed by atoms with Gasteiger partial charge in [-0.3, -0.25) is 19.3 Å². The molecular formula is C28H32N4O4. The lowest BCUT2D eigenvalue weighted by Crippen LogP contribution is -2.56. The van der Waals surface area contributed by atoms with Gasteiger partial charge in [0.15, 0.2) is 5.76 Å². The summed E-state index contributed by atoms with van der Waals surface area (Å²) in [5, 5.41) is 5.84. The van der Waals surface area contributed by atoms with E-state index in [0.29, 0.717) is 32.6 Å². The molecule has 36 heavy (non-hydrogen) atoms. The van der Waals surface area contributed by atoms with Gasteiger partial charge in [-0.1, -0.05) is 42.5 Å². The van der Waals surface area contributed by atoms with Crippen LogP contribution in [-0.2, 0) is 16.0 Å². The maximum absolute atomic E-state index is 13.4. The summed E-state index contributed by atoms with van der Waals surface area (Å²) < 4.78 is 5.20. The Balaban J connectivity index is 1.34. The number of hydrogen-bond acceptors (Lipinski definition) is 5. The van der Waals surface area contributed by atoms with Crippen molar-refractivity contribution < 1.29 is 18.8 Å². The van der Waals surface area contributed by atoms with E-state index in [4.69, 9.17) is 4.42 Å². The van der Waals surface area contributed by atoms with Crippen LogP contribution in [0.15, 0.2) is 71.3 Å². The molecule has 2 heterocycles. The number of nitrogens with zero attached hydrogens (tertiary/aromatic N) is 2. The van der Waals surface area contributed by atoms with Crippen LogP contribution in [0.1, 0.15) is 27.2 Å². The predicted octanol–water partition coefficient (Wildman–Crippen LogP) is 3.02. The third-order valence-electron chi connectivity index (χ3n) is 6.56. The average Bonchev–Trinajstić information content (AvgIpc) is 3.42. The number of rotatable bonds is 8. The quantitative estimate of drug-likeness (QED) is 0.508. The topological polar surface area (TPSA) is 94.9 Å². The van der Waals surface area contributed by atoms with E-state index in [1.807, 2.05) is 67.3 Å². The molecule has 3 aromatic rings. The first kappa shape index (κ1) is 25.2. The van der Waals surface area contributed by atoms with Crippen molar-refractivity contribution in [2.45, 2.75) is 26.3 Å². The molecule has 0 unspecified atom stereocenters. The number of piperazine rings is 1. The fourth-order valence-electron chi connectivity index (χ4n) is 4.31. The van der Waals surface area contributed by atoms with E-state index in [0.717, 1.165) is 22.4 Å². The molecule has 1 atom stereocenters. The van der Waals surface area contributed by atoms with Gasteiger partial charge in [0.1, 0.15) is 6.04 Å². The average molecular weight is 489 g/mol. The van der Waals surface area contributed by atoms with Crippen LogP contribution >= 0.6 is 0 Å². The molecule has 1 saturated heterocycles. The molecule has 188 valence electrons. The van der Waals surface area contributed by atoms with Crippen molar-refractivity contribution in [2.75, 3.05) is 38.0 Å². The highest BCUT2D eigenvalue weighted by molar-refractivity contribution is 5.95. The summed E-state index contributed by atoms with van der Waals surface area (Å²) in [4.78, 5) is 42.5. The van der Waals surface area contributed by atoms with Crippen molar-refractivity contribution in [1.29, 1.82) is 0 Å². The molecule has 1 aliphatic rings. The number of aryl methyl sites for hydroxylation is 1. The number of carbonyl (C=O) groups excluding carboxylic acids is 3. The highest BCUT2D eigenvalue weighted by Crippen LogP contribution is 2.18. The van der Waals surface area contributed by atoms with Crippen LogP contribution in [0.2, 0.25) is 0 Å². The largest absolute Gasteiger partial charge is 0.459 e. The molecule has 1 aromatic heterocycles. The lowest BCUT2D eigenvalue weighted by molar-refractivity contribution is -0.135. The smallest absolute Gasteiger partial charge is 0.287 e. The van der Waals surface area contributed by atoms with Crippen LogP contribution < -0.4 is 10.6 Å². The Bertz CT molecular complexity index is 1190. The summed E-state index contributed by atoms with van der Waals surface area (Å²) in [6.45, 7) is 6.40. The molecule has 2 N–H and O–H groups in total. The number of hydrogen-bond donors (Lipinski definition) is 2. The third kappa shape index (κ3) is 6.40. The molecule has 0 bridgehead atoms. The number of furan rings is 1. The first-order valence-corrected chi connectivity index (χ1v) is 12.2. The van der Waals surface area contributed by atoms with Crippen molar-refractivity contribution in [3.05, 3.63) is 89.4 Å². The van der Waals surface area contributed by atoms with Gasteiger partial charge in [0.25, 0.3) is 5.91 Å². The summed E-state index contributed by atoms with van der Waals surface area (Å²) in [6, 6.07) is 17.9. The summed E-state index contributed by atoms with van der Waals surface area (Å²) in [6.07, 6.45) is 1.81. The lowest BCUT2D eigenvalue weighted by Gasteiger charge is -2.36. The predicted molar refractivity (Wildman–Crippen MR) is 138 cm³/mol. The molecule has 1 aliphatic heterocycles. The van der Waals surface area contributed by atoms with Crippen molar-refractivity contribution in [3.8, 4) is 0 Å². The normalized spacial score (nSPS) is 14.8. The van der Waals surface area contributed by atoms with Gasteiger partial charge >= 0.3 is 0 Å².